The highest BCUT2D eigenvalue weighted by atomic mass is 35.5. The molecule has 2 aliphatic heterocycles. The summed E-state index contributed by atoms with van der Waals surface area (Å²) in [7, 11) is 0. The standard InChI is InChI=1S/C14H14ClN5O2/c15-9-1-2-11(16-5-9)14(21)19-4-3-13-12(7-19)20-10(8-22-13)6-17-18-20/h1-2,5-6,12-13H,3-4,7-8H2/t12-,13+/m1/s1. The first-order chi connectivity index (χ1) is 10.7. The summed E-state index contributed by atoms with van der Waals surface area (Å²) in [6, 6.07) is 3.33. The summed E-state index contributed by atoms with van der Waals surface area (Å²) >= 11 is 5.81. The number of rotatable bonds is 1. The molecule has 0 radical (unpaired) electrons. The van der Waals surface area contributed by atoms with E-state index in [-0.39, 0.29) is 18.1 Å². The van der Waals surface area contributed by atoms with Crippen LogP contribution in [0.4, 0.5) is 0 Å². The smallest absolute Gasteiger partial charge is 0.272 e. The van der Waals surface area contributed by atoms with Crippen molar-refractivity contribution in [2.75, 3.05) is 13.1 Å². The van der Waals surface area contributed by atoms with Crippen molar-refractivity contribution in [2.24, 2.45) is 0 Å². The van der Waals surface area contributed by atoms with E-state index >= 15 is 0 Å². The first-order valence-corrected chi connectivity index (χ1v) is 7.51. The number of halogens is 1. The van der Waals surface area contributed by atoms with Crippen LogP contribution in [0, 0.1) is 0 Å². The van der Waals surface area contributed by atoms with E-state index in [4.69, 9.17) is 16.3 Å². The van der Waals surface area contributed by atoms with Crippen LogP contribution >= 0.6 is 11.6 Å². The van der Waals surface area contributed by atoms with Crippen molar-refractivity contribution in [3.8, 4) is 0 Å². The zero-order valence-corrected chi connectivity index (χ0v) is 12.5. The van der Waals surface area contributed by atoms with Gasteiger partial charge in [-0.2, -0.15) is 0 Å². The molecule has 0 aliphatic carbocycles. The van der Waals surface area contributed by atoms with Crippen molar-refractivity contribution < 1.29 is 9.53 Å². The lowest BCUT2D eigenvalue weighted by atomic mass is 10.00. The molecule has 4 rings (SSSR count). The molecule has 0 saturated carbocycles. The van der Waals surface area contributed by atoms with Crippen LogP contribution < -0.4 is 0 Å². The topological polar surface area (TPSA) is 73.1 Å². The molecule has 2 aromatic rings. The van der Waals surface area contributed by atoms with Crippen molar-refractivity contribution in [3.63, 3.8) is 0 Å². The molecule has 0 N–H and O–H groups in total. The van der Waals surface area contributed by atoms with E-state index in [0.29, 0.717) is 30.4 Å². The molecule has 1 saturated heterocycles. The average molecular weight is 320 g/mol. The van der Waals surface area contributed by atoms with E-state index in [1.54, 1.807) is 23.2 Å². The average Bonchev–Trinajstić information content (AvgIpc) is 3.03. The number of fused-ring (bicyclic) bond motifs is 3. The highest BCUT2D eigenvalue weighted by Crippen LogP contribution is 2.30. The molecule has 0 bridgehead atoms. The van der Waals surface area contributed by atoms with Gasteiger partial charge in [0.25, 0.3) is 5.91 Å². The number of aromatic nitrogens is 4. The van der Waals surface area contributed by atoms with E-state index in [9.17, 15) is 4.79 Å². The molecule has 0 unspecified atom stereocenters. The van der Waals surface area contributed by atoms with Gasteiger partial charge in [-0.3, -0.25) is 4.79 Å². The Labute approximate surface area is 131 Å². The molecule has 7 nitrogen and oxygen atoms in total. The van der Waals surface area contributed by atoms with Crippen LogP contribution in [0.1, 0.15) is 28.6 Å². The maximum absolute atomic E-state index is 12.6. The SMILES string of the molecule is O=C(c1ccc(Cl)cn1)N1CC[C@@H]2OCc3cnnn3[C@@H]2C1. The van der Waals surface area contributed by atoms with Gasteiger partial charge < -0.3 is 9.64 Å². The summed E-state index contributed by atoms with van der Waals surface area (Å²) in [4.78, 5) is 18.5. The second-order valence-electron chi connectivity index (χ2n) is 5.49. The Hall–Kier alpha value is -1.99. The molecular formula is C14H14ClN5O2. The van der Waals surface area contributed by atoms with Gasteiger partial charge in [-0.1, -0.05) is 16.8 Å². The van der Waals surface area contributed by atoms with Gasteiger partial charge >= 0.3 is 0 Å². The van der Waals surface area contributed by atoms with Crippen LogP contribution in [0.5, 0.6) is 0 Å². The van der Waals surface area contributed by atoms with Crippen molar-refractivity contribution in [1.29, 1.82) is 0 Å². The Bertz CT molecular complexity index is 702. The predicted octanol–water partition coefficient (Wildman–Crippen LogP) is 1.31. The van der Waals surface area contributed by atoms with Crippen LogP contribution in [0.25, 0.3) is 0 Å². The Morgan fingerprint density at radius 3 is 3.09 bits per heavy atom. The lowest BCUT2D eigenvalue weighted by molar-refractivity contribution is -0.0605. The van der Waals surface area contributed by atoms with Gasteiger partial charge in [0.2, 0.25) is 0 Å². The maximum Gasteiger partial charge on any atom is 0.272 e. The maximum atomic E-state index is 12.6. The number of likely N-dealkylation sites (tertiary alicyclic amines) is 1. The number of carbonyl (C=O) groups excluding carboxylic acids is 1. The van der Waals surface area contributed by atoms with Crippen molar-refractivity contribution in [3.05, 3.63) is 40.9 Å². The summed E-state index contributed by atoms with van der Waals surface area (Å²) in [5, 5.41) is 8.59. The van der Waals surface area contributed by atoms with Crippen LogP contribution in [0.3, 0.4) is 0 Å². The minimum atomic E-state index is -0.0950. The van der Waals surface area contributed by atoms with Gasteiger partial charge in [0.05, 0.1) is 35.7 Å². The predicted molar refractivity (Wildman–Crippen MR) is 77.4 cm³/mol. The molecule has 2 atom stereocenters. The summed E-state index contributed by atoms with van der Waals surface area (Å²) in [5.74, 6) is -0.0950. The molecule has 114 valence electrons. The number of carbonyl (C=O) groups is 1. The third-order valence-corrected chi connectivity index (χ3v) is 4.39. The minimum Gasteiger partial charge on any atom is -0.370 e. The van der Waals surface area contributed by atoms with E-state index < -0.39 is 0 Å². The lowest BCUT2D eigenvalue weighted by Crippen LogP contribution is -2.50. The molecule has 1 amide bonds. The summed E-state index contributed by atoms with van der Waals surface area (Å²) in [6.45, 7) is 1.72. The number of piperidine rings is 1. The first kappa shape index (κ1) is 13.7. The zero-order valence-electron chi connectivity index (χ0n) is 11.7. The van der Waals surface area contributed by atoms with Crippen molar-refractivity contribution >= 4 is 17.5 Å². The molecular weight excluding hydrogens is 306 g/mol. The van der Waals surface area contributed by atoms with Gasteiger partial charge in [0.1, 0.15) is 5.69 Å². The molecule has 4 heterocycles. The third kappa shape index (κ3) is 2.26. The zero-order chi connectivity index (χ0) is 15.1. The Morgan fingerprint density at radius 1 is 1.36 bits per heavy atom. The molecule has 0 spiro atoms. The summed E-state index contributed by atoms with van der Waals surface area (Å²) < 4.78 is 7.72. The Balaban J connectivity index is 1.56. The minimum absolute atomic E-state index is 0.0104. The number of hydrogen-bond donors (Lipinski definition) is 0. The van der Waals surface area contributed by atoms with Crippen LogP contribution in [-0.4, -0.2) is 50.0 Å². The van der Waals surface area contributed by atoms with Crippen molar-refractivity contribution in [1.82, 2.24) is 24.9 Å². The summed E-state index contributed by atoms with van der Waals surface area (Å²) in [5.41, 5.74) is 1.35. The van der Waals surface area contributed by atoms with E-state index in [0.717, 1.165) is 12.1 Å². The first-order valence-electron chi connectivity index (χ1n) is 7.14. The number of ether oxygens (including phenoxy) is 1. The number of hydrogen-bond acceptors (Lipinski definition) is 5. The number of pyridine rings is 1. The fourth-order valence-electron chi connectivity index (χ4n) is 3.03. The highest BCUT2D eigenvalue weighted by molar-refractivity contribution is 6.30. The van der Waals surface area contributed by atoms with E-state index in [1.165, 1.54) is 6.20 Å². The van der Waals surface area contributed by atoms with Gasteiger partial charge in [0.15, 0.2) is 0 Å². The van der Waals surface area contributed by atoms with Gasteiger partial charge in [0, 0.05) is 19.3 Å². The molecule has 2 aromatic heterocycles. The third-order valence-electron chi connectivity index (χ3n) is 4.16. The quantitative estimate of drug-likeness (QED) is 0.792. The second-order valence-corrected chi connectivity index (χ2v) is 5.92. The second kappa shape index (κ2) is 5.33. The van der Waals surface area contributed by atoms with Crippen LogP contribution in [0.15, 0.2) is 24.5 Å². The molecule has 22 heavy (non-hydrogen) atoms. The van der Waals surface area contributed by atoms with Gasteiger partial charge in [-0.25, -0.2) is 9.67 Å². The van der Waals surface area contributed by atoms with Crippen molar-refractivity contribution in [2.45, 2.75) is 25.2 Å². The largest absolute Gasteiger partial charge is 0.370 e. The monoisotopic (exact) mass is 319 g/mol. The Morgan fingerprint density at radius 2 is 2.27 bits per heavy atom. The molecule has 8 heteroatoms. The van der Waals surface area contributed by atoms with E-state index in [1.807, 2.05) is 4.68 Å². The number of nitrogens with zero attached hydrogens (tertiary/aromatic N) is 5. The Kier molecular flexibility index (Phi) is 3.31. The molecule has 1 fully saturated rings. The van der Waals surface area contributed by atoms with Crippen LogP contribution in [0.2, 0.25) is 5.02 Å². The fourth-order valence-corrected chi connectivity index (χ4v) is 3.14. The molecule has 2 aliphatic rings. The van der Waals surface area contributed by atoms with E-state index in [2.05, 4.69) is 15.3 Å². The lowest BCUT2D eigenvalue weighted by Gasteiger charge is -2.40. The summed E-state index contributed by atoms with van der Waals surface area (Å²) in [6.07, 6.45) is 4.05. The highest BCUT2D eigenvalue weighted by Gasteiger charge is 2.38. The van der Waals surface area contributed by atoms with Crippen LogP contribution in [-0.2, 0) is 11.3 Å². The fraction of sp³-hybridized carbons (Fsp3) is 0.429. The van der Waals surface area contributed by atoms with Gasteiger partial charge in [-0.05, 0) is 18.6 Å². The number of amides is 1. The van der Waals surface area contributed by atoms with Gasteiger partial charge in [-0.15, -0.1) is 5.10 Å². The molecule has 0 aromatic carbocycles. The normalized spacial score (nSPS) is 23.8.